The van der Waals surface area contributed by atoms with E-state index in [0.29, 0.717) is 5.41 Å². The molecule has 0 aromatic carbocycles. The number of nitrogens with one attached hydrogen (secondary N) is 1. The van der Waals surface area contributed by atoms with Crippen LogP contribution in [0.4, 0.5) is 0 Å². The van der Waals surface area contributed by atoms with E-state index in [4.69, 9.17) is 0 Å². The zero-order valence-electron chi connectivity index (χ0n) is 13.0. The van der Waals surface area contributed by atoms with E-state index in [2.05, 4.69) is 33.1 Å². The predicted octanol–water partition coefficient (Wildman–Crippen LogP) is 4.62. The van der Waals surface area contributed by atoms with E-state index in [1.54, 1.807) is 0 Å². The topological polar surface area (TPSA) is 12.0 Å². The Morgan fingerprint density at radius 1 is 0.833 bits per heavy atom. The van der Waals surface area contributed by atoms with Crippen LogP contribution in [0.5, 0.6) is 0 Å². The van der Waals surface area contributed by atoms with Gasteiger partial charge in [-0.3, -0.25) is 0 Å². The van der Waals surface area contributed by atoms with Gasteiger partial charge in [0.1, 0.15) is 0 Å². The molecule has 106 valence electrons. The van der Waals surface area contributed by atoms with Gasteiger partial charge < -0.3 is 5.32 Å². The van der Waals surface area contributed by atoms with Gasteiger partial charge in [-0.25, -0.2) is 0 Å². The fraction of sp³-hybridized carbons (Fsp3) is 1.00. The summed E-state index contributed by atoms with van der Waals surface area (Å²) in [5.41, 5.74) is 0.521. The Balaban J connectivity index is 1.87. The third-order valence-corrected chi connectivity index (χ3v) is 5.75. The van der Waals surface area contributed by atoms with Crippen LogP contribution in [0.15, 0.2) is 0 Å². The molecule has 0 aromatic rings. The molecule has 0 aromatic heterocycles. The number of hydrogen-bond acceptors (Lipinski definition) is 1. The van der Waals surface area contributed by atoms with Gasteiger partial charge in [0, 0.05) is 6.04 Å². The highest BCUT2D eigenvalue weighted by Crippen LogP contribution is 2.43. The first-order chi connectivity index (χ1) is 8.52. The average molecular weight is 251 g/mol. The van der Waals surface area contributed by atoms with Crippen LogP contribution in [0.2, 0.25) is 0 Å². The second kappa shape index (κ2) is 5.94. The number of rotatable bonds is 3. The summed E-state index contributed by atoms with van der Waals surface area (Å²) in [4.78, 5) is 0. The van der Waals surface area contributed by atoms with Crippen molar-refractivity contribution >= 4 is 0 Å². The summed E-state index contributed by atoms with van der Waals surface area (Å²) < 4.78 is 0. The van der Waals surface area contributed by atoms with E-state index < -0.39 is 0 Å². The summed E-state index contributed by atoms with van der Waals surface area (Å²) in [5, 5.41) is 3.67. The predicted molar refractivity (Wildman–Crippen MR) is 79.7 cm³/mol. The lowest BCUT2D eigenvalue weighted by Gasteiger charge is -2.41. The first-order valence-electron chi connectivity index (χ1n) is 8.19. The van der Waals surface area contributed by atoms with Gasteiger partial charge >= 0.3 is 0 Å². The minimum atomic E-state index is 0.521. The first-order valence-corrected chi connectivity index (χ1v) is 8.19. The molecule has 0 bridgehead atoms. The Morgan fingerprint density at radius 3 is 1.78 bits per heavy atom. The molecular formula is C17H33N. The lowest BCUT2D eigenvalue weighted by Crippen LogP contribution is -2.42. The van der Waals surface area contributed by atoms with Crippen LogP contribution in [0.25, 0.3) is 0 Å². The van der Waals surface area contributed by atoms with E-state index in [0.717, 1.165) is 23.8 Å². The molecule has 0 saturated heterocycles. The van der Waals surface area contributed by atoms with Crippen molar-refractivity contribution in [3.05, 3.63) is 0 Å². The Morgan fingerprint density at radius 2 is 1.33 bits per heavy atom. The zero-order valence-corrected chi connectivity index (χ0v) is 13.0. The molecule has 0 radical (unpaired) electrons. The summed E-state index contributed by atoms with van der Waals surface area (Å²) in [6.45, 7) is 7.26. The van der Waals surface area contributed by atoms with Crippen molar-refractivity contribution in [2.75, 3.05) is 7.05 Å². The molecule has 2 fully saturated rings. The minimum Gasteiger partial charge on any atom is -0.316 e. The molecule has 1 nitrogen and oxygen atoms in total. The van der Waals surface area contributed by atoms with Gasteiger partial charge in [0.2, 0.25) is 0 Å². The molecule has 2 saturated carbocycles. The molecule has 0 aliphatic heterocycles. The van der Waals surface area contributed by atoms with Crippen LogP contribution in [0.1, 0.15) is 72.1 Å². The molecule has 2 aliphatic carbocycles. The second-order valence-corrected chi connectivity index (χ2v) is 7.84. The Kier molecular flexibility index (Phi) is 4.75. The van der Waals surface area contributed by atoms with Crippen molar-refractivity contribution in [1.82, 2.24) is 5.32 Å². The molecule has 1 unspecified atom stereocenters. The van der Waals surface area contributed by atoms with Gasteiger partial charge in [-0.15, -0.1) is 0 Å². The summed E-state index contributed by atoms with van der Waals surface area (Å²) in [5.74, 6) is 2.89. The SMILES string of the molecule is CNC(C1CCCC1)C1CCC(C(C)(C)C)CC1. The van der Waals surface area contributed by atoms with E-state index >= 15 is 0 Å². The first kappa shape index (κ1) is 14.4. The van der Waals surface area contributed by atoms with Gasteiger partial charge in [0.15, 0.2) is 0 Å². The van der Waals surface area contributed by atoms with Crippen molar-refractivity contribution in [3.63, 3.8) is 0 Å². The van der Waals surface area contributed by atoms with Crippen molar-refractivity contribution in [3.8, 4) is 0 Å². The highest BCUT2D eigenvalue weighted by molar-refractivity contribution is 4.89. The van der Waals surface area contributed by atoms with Crippen LogP contribution in [0.3, 0.4) is 0 Å². The van der Waals surface area contributed by atoms with Gasteiger partial charge in [0.25, 0.3) is 0 Å². The van der Waals surface area contributed by atoms with Gasteiger partial charge in [0.05, 0.1) is 0 Å². The van der Waals surface area contributed by atoms with Crippen LogP contribution in [-0.4, -0.2) is 13.1 Å². The molecule has 18 heavy (non-hydrogen) atoms. The van der Waals surface area contributed by atoms with Crippen molar-refractivity contribution in [2.24, 2.45) is 23.2 Å². The van der Waals surface area contributed by atoms with Crippen LogP contribution < -0.4 is 5.32 Å². The van der Waals surface area contributed by atoms with Crippen LogP contribution in [-0.2, 0) is 0 Å². The van der Waals surface area contributed by atoms with Crippen molar-refractivity contribution in [2.45, 2.75) is 78.2 Å². The molecule has 0 spiro atoms. The molecular weight excluding hydrogens is 218 g/mol. The van der Waals surface area contributed by atoms with Gasteiger partial charge in [-0.2, -0.15) is 0 Å². The lowest BCUT2D eigenvalue weighted by atomic mass is 9.67. The van der Waals surface area contributed by atoms with Crippen LogP contribution >= 0.6 is 0 Å². The minimum absolute atomic E-state index is 0.521. The highest BCUT2D eigenvalue weighted by atomic mass is 14.9. The molecule has 0 heterocycles. The molecule has 1 N–H and O–H groups in total. The van der Waals surface area contributed by atoms with E-state index in [1.807, 2.05) is 0 Å². The maximum Gasteiger partial charge on any atom is 0.0121 e. The lowest BCUT2D eigenvalue weighted by molar-refractivity contribution is 0.119. The second-order valence-electron chi connectivity index (χ2n) is 7.84. The zero-order chi connectivity index (χ0) is 13.2. The summed E-state index contributed by atoms with van der Waals surface area (Å²) in [7, 11) is 2.19. The summed E-state index contributed by atoms with van der Waals surface area (Å²) in [6, 6.07) is 0.813. The normalized spacial score (nSPS) is 32.7. The third kappa shape index (κ3) is 3.29. The van der Waals surface area contributed by atoms with Gasteiger partial charge in [-0.1, -0.05) is 33.6 Å². The fourth-order valence-corrected chi connectivity index (χ4v) is 4.52. The third-order valence-electron chi connectivity index (χ3n) is 5.75. The molecule has 1 heteroatoms. The van der Waals surface area contributed by atoms with Gasteiger partial charge in [-0.05, 0) is 68.7 Å². The van der Waals surface area contributed by atoms with Crippen LogP contribution in [0, 0.1) is 23.2 Å². The molecule has 0 amide bonds. The largest absolute Gasteiger partial charge is 0.316 e. The Bertz CT molecular complexity index is 239. The maximum absolute atomic E-state index is 3.67. The summed E-state index contributed by atoms with van der Waals surface area (Å²) in [6.07, 6.45) is 11.7. The molecule has 2 rings (SSSR count). The standard InChI is InChI=1S/C17H33N/c1-17(2,3)15-11-9-14(10-12-15)16(18-4)13-7-5-6-8-13/h13-16,18H,5-12H2,1-4H3. The Hall–Kier alpha value is -0.0400. The smallest absolute Gasteiger partial charge is 0.0121 e. The highest BCUT2D eigenvalue weighted by Gasteiger charge is 2.35. The maximum atomic E-state index is 3.67. The fourth-order valence-electron chi connectivity index (χ4n) is 4.52. The Labute approximate surface area is 114 Å². The van der Waals surface area contributed by atoms with E-state index in [9.17, 15) is 0 Å². The molecule has 1 atom stereocenters. The average Bonchev–Trinajstić information content (AvgIpc) is 2.83. The monoisotopic (exact) mass is 251 g/mol. The van der Waals surface area contributed by atoms with Crippen molar-refractivity contribution < 1.29 is 0 Å². The van der Waals surface area contributed by atoms with E-state index in [1.165, 1.54) is 51.4 Å². The number of hydrogen-bond donors (Lipinski definition) is 1. The van der Waals surface area contributed by atoms with E-state index in [-0.39, 0.29) is 0 Å². The quantitative estimate of drug-likeness (QED) is 0.772. The molecule has 2 aliphatic rings. The summed E-state index contributed by atoms with van der Waals surface area (Å²) >= 11 is 0. The van der Waals surface area contributed by atoms with Crippen molar-refractivity contribution in [1.29, 1.82) is 0 Å².